The molecule has 2 aliphatic heterocycles. The minimum atomic E-state index is -0.493. The topological polar surface area (TPSA) is 128 Å². The maximum atomic E-state index is 12.7. The van der Waals surface area contributed by atoms with Gasteiger partial charge in [0.25, 0.3) is 0 Å². The summed E-state index contributed by atoms with van der Waals surface area (Å²) in [7, 11) is 0. The molecule has 4 fully saturated rings. The summed E-state index contributed by atoms with van der Waals surface area (Å²) in [5.74, 6) is 0.492. The summed E-state index contributed by atoms with van der Waals surface area (Å²) in [5.41, 5.74) is 1.71. The van der Waals surface area contributed by atoms with E-state index in [1.807, 2.05) is 44.1 Å². The molecule has 12 nitrogen and oxygen atoms in total. The molecule has 5 heterocycles. The normalized spacial score (nSPS) is 21.3. The van der Waals surface area contributed by atoms with E-state index in [-0.39, 0.29) is 17.7 Å². The quantitative estimate of drug-likeness (QED) is 0.357. The van der Waals surface area contributed by atoms with Gasteiger partial charge >= 0.3 is 12.1 Å². The Kier molecular flexibility index (Phi) is 8.11. The lowest BCUT2D eigenvalue weighted by atomic mass is 9.72. The lowest BCUT2D eigenvalue weighted by Gasteiger charge is -2.55. The Bertz CT molecular complexity index is 1490. The van der Waals surface area contributed by atoms with Crippen LogP contribution in [0.4, 0.5) is 15.9 Å². The van der Waals surface area contributed by atoms with Crippen LogP contribution in [0.3, 0.4) is 0 Å². The predicted molar refractivity (Wildman–Crippen MR) is 169 cm³/mol. The van der Waals surface area contributed by atoms with Crippen LogP contribution in [0.5, 0.6) is 6.01 Å². The second kappa shape index (κ2) is 12.1. The highest BCUT2D eigenvalue weighted by molar-refractivity contribution is 7.18. The monoisotopic (exact) mass is 634 g/mol. The summed E-state index contributed by atoms with van der Waals surface area (Å²) in [4.78, 5) is 40.7. The third-order valence-corrected chi connectivity index (χ3v) is 10.4. The lowest BCUT2D eigenvalue weighted by Crippen LogP contribution is -2.66. The number of hydrogen-bond acceptors (Lipinski definition) is 12. The number of rotatable bonds is 7. The zero-order chi connectivity index (χ0) is 31.1. The Balaban J connectivity index is 0.931. The van der Waals surface area contributed by atoms with Crippen LogP contribution in [0.2, 0.25) is 0 Å². The molecule has 1 amide bonds. The van der Waals surface area contributed by atoms with Gasteiger partial charge in [0.1, 0.15) is 11.7 Å². The summed E-state index contributed by atoms with van der Waals surface area (Å²) in [6.07, 6.45) is 14.8. The Labute approximate surface area is 267 Å². The fraction of sp³-hybridized carbons (Fsp3) is 0.625. The van der Waals surface area contributed by atoms with E-state index < -0.39 is 5.60 Å². The number of carbonyl (C=O) groups excluding carboxylic acids is 1. The number of thiazole rings is 1. The minimum absolute atomic E-state index is 0.0000369. The van der Waals surface area contributed by atoms with Crippen molar-refractivity contribution in [3.63, 3.8) is 0 Å². The summed E-state index contributed by atoms with van der Waals surface area (Å²) < 4.78 is 17.3. The van der Waals surface area contributed by atoms with Gasteiger partial charge in [-0.3, -0.25) is 4.90 Å². The highest BCUT2D eigenvalue weighted by Gasteiger charge is 2.48. The number of nitrogens with zero attached hydrogens (tertiary/aromatic N) is 7. The van der Waals surface area contributed by atoms with E-state index in [1.165, 1.54) is 17.8 Å². The fourth-order valence-corrected chi connectivity index (χ4v) is 7.53. The second-order valence-electron chi connectivity index (χ2n) is 14.0. The van der Waals surface area contributed by atoms with Crippen LogP contribution < -0.4 is 10.1 Å². The lowest BCUT2D eigenvalue weighted by molar-refractivity contribution is -0.140. The van der Waals surface area contributed by atoms with Crippen LogP contribution in [0.25, 0.3) is 10.6 Å². The fourth-order valence-electron chi connectivity index (χ4n) is 6.75. The van der Waals surface area contributed by atoms with Crippen molar-refractivity contribution in [1.82, 2.24) is 34.7 Å². The molecule has 0 bridgehead atoms. The molecule has 3 aromatic heterocycles. The second-order valence-corrected chi connectivity index (χ2v) is 15.0. The first-order valence-corrected chi connectivity index (χ1v) is 16.8. The minimum Gasteiger partial charge on any atom is -0.460 e. The van der Waals surface area contributed by atoms with Gasteiger partial charge in [0.2, 0.25) is 5.95 Å². The van der Waals surface area contributed by atoms with Crippen molar-refractivity contribution in [2.24, 2.45) is 5.41 Å². The summed E-state index contributed by atoms with van der Waals surface area (Å²) in [5, 5.41) is 3.91. The molecule has 0 unspecified atom stereocenters. The molecule has 2 saturated heterocycles. The van der Waals surface area contributed by atoms with E-state index in [1.54, 1.807) is 12.4 Å². The molecule has 2 aliphatic carbocycles. The standard InChI is InChI=1S/C32H42N8O4S/c1-30(2,3)44-29(41)39-13-14-40(32(19-39)8-4-9-32)18-22-15-34-26(35-16-22)38-28-36-17-25(45-28)24-7-12-33-27(37-24)43-23-5-10-31(11-6-23)20-42-21-31/h7,12,15-17,23H,4-6,8-11,13-14,18-21H2,1-3H3,(H,34,35,36,38). The summed E-state index contributed by atoms with van der Waals surface area (Å²) >= 11 is 1.48. The Morgan fingerprint density at radius 3 is 2.51 bits per heavy atom. The van der Waals surface area contributed by atoms with Gasteiger partial charge in [0, 0.05) is 67.5 Å². The van der Waals surface area contributed by atoms with Crippen molar-refractivity contribution in [1.29, 1.82) is 0 Å². The van der Waals surface area contributed by atoms with Gasteiger partial charge in [0.05, 0.1) is 23.8 Å². The molecule has 0 radical (unpaired) electrons. The SMILES string of the molecule is CC(C)(C)OC(=O)N1CCN(Cc2cnc(Nc3ncc(-c4ccnc(OC5CCC6(CC5)COC6)n4)s3)nc2)C2(CCC2)C1. The first-order valence-electron chi connectivity index (χ1n) is 16.0. The summed E-state index contributed by atoms with van der Waals surface area (Å²) in [6, 6.07) is 2.29. The predicted octanol–water partition coefficient (Wildman–Crippen LogP) is 5.45. The smallest absolute Gasteiger partial charge is 0.410 e. The Hall–Kier alpha value is -3.42. The highest BCUT2D eigenvalue weighted by atomic mass is 32.1. The van der Waals surface area contributed by atoms with E-state index in [4.69, 9.17) is 14.2 Å². The number of ether oxygens (including phenoxy) is 3. The van der Waals surface area contributed by atoms with Gasteiger partial charge in [-0.2, -0.15) is 4.98 Å². The molecule has 1 N–H and O–H groups in total. The van der Waals surface area contributed by atoms with Gasteiger partial charge in [0.15, 0.2) is 5.13 Å². The first-order chi connectivity index (χ1) is 21.7. The van der Waals surface area contributed by atoms with Gasteiger partial charge in [-0.05, 0) is 71.8 Å². The van der Waals surface area contributed by atoms with Crippen molar-refractivity contribution in [2.45, 2.75) is 89.5 Å². The molecule has 0 atom stereocenters. The zero-order valence-corrected chi connectivity index (χ0v) is 27.1. The largest absolute Gasteiger partial charge is 0.460 e. The molecule has 45 heavy (non-hydrogen) atoms. The molecule has 7 rings (SSSR count). The maximum Gasteiger partial charge on any atom is 0.410 e. The van der Waals surface area contributed by atoms with Crippen molar-refractivity contribution in [2.75, 3.05) is 38.2 Å². The summed E-state index contributed by atoms with van der Waals surface area (Å²) in [6.45, 7) is 10.4. The molecule has 13 heteroatoms. The molecular formula is C32H42N8O4S. The number of carbonyl (C=O) groups is 1. The van der Waals surface area contributed by atoms with Crippen LogP contribution in [0, 0.1) is 5.41 Å². The van der Waals surface area contributed by atoms with Crippen molar-refractivity contribution < 1.29 is 19.0 Å². The van der Waals surface area contributed by atoms with Gasteiger partial charge in [-0.15, -0.1) is 0 Å². The van der Waals surface area contributed by atoms with E-state index in [0.29, 0.717) is 35.6 Å². The molecule has 3 aromatic rings. The highest BCUT2D eigenvalue weighted by Crippen LogP contribution is 2.43. The molecule has 4 aliphatic rings. The molecule has 2 spiro atoms. The average molecular weight is 635 g/mol. The van der Waals surface area contributed by atoms with Crippen LogP contribution in [0.1, 0.15) is 71.3 Å². The molecule has 2 saturated carbocycles. The Morgan fingerprint density at radius 1 is 1.07 bits per heavy atom. The molecular weight excluding hydrogens is 592 g/mol. The third kappa shape index (κ3) is 6.75. The molecule has 0 aromatic carbocycles. The van der Waals surface area contributed by atoms with Gasteiger partial charge in [-0.1, -0.05) is 11.3 Å². The van der Waals surface area contributed by atoms with Crippen molar-refractivity contribution >= 4 is 28.5 Å². The average Bonchev–Trinajstić information content (AvgIpc) is 3.45. The van der Waals surface area contributed by atoms with Crippen LogP contribution in [0.15, 0.2) is 30.9 Å². The number of piperazine rings is 1. The number of aromatic nitrogens is 5. The van der Waals surface area contributed by atoms with Crippen LogP contribution in [-0.4, -0.2) is 90.9 Å². The van der Waals surface area contributed by atoms with E-state index in [9.17, 15) is 4.79 Å². The maximum absolute atomic E-state index is 12.7. The van der Waals surface area contributed by atoms with Crippen LogP contribution in [-0.2, 0) is 16.0 Å². The first kappa shape index (κ1) is 30.2. The third-order valence-electron chi connectivity index (χ3n) is 9.50. The van der Waals surface area contributed by atoms with Crippen molar-refractivity contribution in [3.8, 4) is 16.6 Å². The van der Waals surface area contributed by atoms with E-state index in [2.05, 4.69) is 35.1 Å². The van der Waals surface area contributed by atoms with Crippen molar-refractivity contribution in [3.05, 3.63) is 36.4 Å². The Morgan fingerprint density at radius 2 is 1.84 bits per heavy atom. The zero-order valence-electron chi connectivity index (χ0n) is 26.3. The van der Waals surface area contributed by atoms with Crippen LogP contribution >= 0.6 is 11.3 Å². The van der Waals surface area contributed by atoms with E-state index >= 15 is 0 Å². The number of hydrogen-bond donors (Lipinski definition) is 1. The number of anilines is 2. The van der Waals surface area contributed by atoms with E-state index in [0.717, 1.165) is 81.0 Å². The van der Waals surface area contributed by atoms with Gasteiger partial charge in [-0.25, -0.2) is 24.7 Å². The number of nitrogens with one attached hydrogen (secondary N) is 1. The van der Waals surface area contributed by atoms with Gasteiger partial charge < -0.3 is 24.4 Å². The number of amides is 1. The molecule has 240 valence electrons.